The fourth-order valence-corrected chi connectivity index (χ4v) is 2.64. The lowest BCUT2D eigenvalue weighted by molar-refractivity contribution is 0.0256. The minimum absolute atomic E-state index is 0.178. The second kappa shape index (κ2) is 10.9. The predicted octanol–water partition coefficient (Wildman–Crippen LogP) is 3.57. The second-order valence-corrected chi connectivity index (χ2v) is 7.37. The molecule has 1 amide bonds. The van der Waals surface area contributed by atoms with E-state index in [2.05, 4.69) is 12.2 Å². The third-order valence-corrected chi connectivity index (χ3v) is 3.92. The van der Waals surface area contributed by atoms with Crippen molar-refractivity contribution in [3.63, 3.8) is 0 Å². The zero-order valence-electron chi connectivity index (χ0n) is 15.5. The van der Waals surface area contributed by atoms with Gasteiger partial charge in [-0.15, -0.1) is 0 Å². The molecule has 0 aromatic heterocycles. The van der Waals surface area contributed by atoms with Crippen molar-refractivity contribution in [2.24, 2.45) is 0 Å². The van der Waals surface area contributed by atoms with E-state index >= 15 is 0 Å². The molecule has 1 rings (SSSR count). The molecule has 0 spiro atoms. The molecule has 0 bridgehead atoms. The summed E-state index contributed by atoms with van der Waals surface area (Å²) >= 11 is 0. The van der Waals surface area contributed by atoms with Crippen molar-refractivity contribution >= 4 is 6.09 Å². The molecule has 1 atom stereocenters. The molecule has 1 aliphatic rings. The Balaban J connectivity index is 2.16. The van der Waals surface area contributed by atoms with Crippen molar-refractivity contribution in [1.29, 1.82) is 0 Å². The minimum Gasteiger partial charge on any atom is -0.444 e. The van der Waals surface area contributed by atoms with Crippen LogP contribution in [0.3, 0.4) is 0 Å². The van der Waals surface area contributed by atoms with Crippen molar-refractivity contribution in [3.8, 4) is 0 Å². The van der Waals surface area contributed by atoms with Crippen LogP contribution in [0.2, 0.25) is 0 Å². The maximum absolute atomic E-state index is 12.1. The number of carbonyl (C=O) groups excluding carboxylic acids is 1. The first-order valence-electron chi connectivity index (χ1n) is 9.21. The first-order chi connectivity index (χ1) is 10.9. The van der Waals surface area contributed by atoms with E-state index in [-0.39, 0.29) is 6.09 Å². The number of rotatable bonds is 8. The minimum atomic E-state index is -0.418. The molecule has 0 aromatic rings. The van der Waals surface area contributed by atoms with Gasteiger partial charge in [-0.2, -0.15) is 0 Å². The lowest BCUT2D eigenvalue weighted by Gasteiger charge is -2.26. The summed E-state index contributed by atoms with van der Waals surface area (Å²) < 4.78 is 11.0. The Kier molecular flexibility index (Phi) is 9.56. The summed E-state index contributed by atoms with van der Waals surface area (Å²) in [6, 6.07) is 0.498. The highest BCUT2D eigenvalue weighted by Gasteiger charge is 2.24. The SMILES string of the molecule is CCCCOCCCNC1CCCN(C(=O)OC(C)(C)C)CC1. The van der Waals surface area contributed by atoms with Crippen LogP contribution in [0.4, 0.5) is 4.79 Å². The van der Waals surface area contributed by atoms with E-state index in [1.807, 2.05) is 25.7 Å². The first-order valence-corrected chi connectivity index (χ1v) is 9.21. The van der Waals surface area contributed by atoms with Crippen LogP contribution < -0.4 is 5.32 Å². The van der Waals surface area contributed by atoms with Gasteiger partial charge in [0.1, 0.15) is 5.60 Å². The van der Waals surface area contributed by atoms with Crippen LogP contribution in [-0.4, -0.2) is 55.5 Å². The van der Waals surface area contributed by atoms with Gasteiger partial charge in [-0.05, 0) is 59.4 Å². The Labute approximate surface area is 142 Å². The Morgan fingerprint density at radius 3 is 2.61 bits per heavy atom. The van der Waals surface area contributed by atoms with Crippen molar-refractivity contribution in [2.75, 3.05) is 32.8 Å². The molecule has 136 valence electrons. The topological polar surface area (TPSA) is 50.8 Å². The zero-order valence-corrected chi connectivity index (χ0v) is 15.5. The van der Waals surface area contributed by atoms with Gasteiger partial charge in [-0.25, -0.2) is 4.79 Å². The van der Waals surface area contributed by atoms with Crippen LogP contribution in [0.25, 0.3) is 0 Å². The number of nitrogens with zero attached hydrogens (tertiary/aromatic N) is 1. The van der Waals surface area contributed by atoms with Gasteiger partial charge >= 0.3 is 6.09 Å². The average Bonchev–Trinajstić information content (AvgIpc) is 2.70. The van der Waals surface area contributed by atoms with Crippen LogP contribution in [0.1, 0.15) is 66.2 Å². The first kappa shape index (κ1) is 20.2. The molecule has 5 nitrogen and oxygen atoms in total. The maximum atomic E-state index is 12.1. The van der Waals surface area contributed by atoms with Gasteiger partial charge in [0.15, 0.2) is 0 Å². The number of hydrogen-bond donors (Lipinski definition) is 1. The molecule has 1 fully saturated rings. The summed E-state index contributed by atoms with van der Waals surface area (Å²) in [6.45, 7) is 12.2. The van der Waals surface area contributed by atoms with Crippen LogP contribution in [-0.2, 0) is 9.47 Å². The highest BCUT2D eigenvalue weighted by atomic mass is 16.6. The molecule has 1 aliphatic heterocycles. The molecule has 0 aromatic carbocycles. The summed E-state index contributed by atoms with van der Waals surface area (Å²) in [7, 11) is 0. The molecule has 0 saturated carbocycles. The Morgan fingerprint density at radius 2 is 1.91 bits per heavy atom. The second-order valence-electron chi connectivity index (χ2n) is 7.37. The highest BCUT2D eigenvalue weighted by Crippen LogP contribution is 2.15. The average molecular weight is 328 g/mol. The molecule has 1 unspecified atom stereocenters. The van der Waals surface area contributed by atoms with Gasteiger partial charge < -0.3 is 19.7 Å². The molecular weight excluding hydrogens is 292 g/mol. The molecule has 0 radical (unpaired) electrons. The third kappa shape index (κ3) is 9.82. The lowest BCUT2D eigenvalue weighted by atomic mass is 10.1. The van der Waals surface area contributed by atoms with Crippen molar-refractivity contribution in [1.82, 2.24) is 10.2 Å². The predicted molar refractivity (Wildman–Crippen MR) is 93.8 cm³/mol. The molecule has 1 saturated heterocycles. The van der Waals surface area contributed by atoms with Crippen LogP contribution in [0.5, 0.6) is 0 Å². The number of unbranched alkanes of at least 4 members (excludes halogenated alkanes) is 1. The fraction of sp³-hybridized carbons (Fsp3) is 0.944. The number of amides is 1. The lowest BCUT2D eigenvalue weighted by Crippen LogP contribution is -2.38. The Morgan fingerprint density at radius 1 is 1.17 bits per heavy atom. The van der Waals surface area contributed by atoms with Crippen molar-refractivity contribution in [2.45, 2.75) is 77.9 Å². The van der Waals surface area contributed by atoms with E-state index < -0.39 is 5.60 Å². The maximum Gasteiger partial charge on any atom is 0.410 e. The largest absolute Gasteiger partial charge is 0.444 e. The Hall–Kier alpha value is -0.810. The molecule has 1 heterocycles. The summed E-state index contributed by atoms with van der Waals surface area (Å²) in [6.07, 6.45) is 6.36. The van der Waals surface area contributed by atoms with E-state index in [0.717, 1.165) is 65.0 Å². The Bertz CT molecular complexity index is 329. The van der Waals surface area contributed by atoms with Crippen molar-refractivity contribution < 1.29 is 14.3 Å². The third-order valence-electron chi connectivity index (χ3n) is 3.92. The molecular formula is C18H36N2O3. The molecule has 23 heavy (non-hydrogen) atoms. The number of carbonyl (C=O) groups is 1. The molecule has 1 N–H and O–H groups in total. The normalized spacial score (nSPS) is 19.5. The van der Waals surface area contributed by atoms with E-state index in [1.165, 1.54) is 6.42 Å². The van der Waals surface area contributed by atoms with E-state index in [4.69, 9.17) is 9.47 Å². The number of nitrogens with one attached hydrogen (secondary N) is 1. The smallest absolute Gasteiger partial charge is 0.410 e. The highest BCUT2D eigenvalue weighted by molar-refractivity contribution is 5.68. The van der Waals surface area contributed by atoms with Crippen molar-refractivity contribution in [3.05, 3.63) is 0 Å². The monoisotopic (exact) mass is 328 g/mol. The van der Waals surface area contributed by atoms with Gasteiger partial charge in [0.05, 0.1) is 0 Å². The number of ether oxygens (including phenoxy) is 2. The number of likely N-dealkylation sites (tertiary alicyclic amines) is 1. The van der Waals surface area contributed by atoms with Crippen LogP contribution in [0.15, 0.2) is 0 Å². The number of hydrogen-bond acceptors (Lipinski definition) is 4. The van der Waals surface area contributed by atoms with Gasteiger partial charge in [0.25, 0.3) is 0 Å². The summed E-state index contributed by atoms with van der Waals surface area (Å²) in [5.41, 5.74) is -0.418. The standard InChI is InChI=1S/C18H36N2O3/c1-5-6-14-22-15-8-11-19-16-9-7-12-20(13-10-16)17(21)23-18(2,3)4/h16,19H,5-15H2,1-4H3. The van der Waals surface area contributed by atoms with Crippen LogP contribution >= 0.6 is 0 Å². The molecule has 0 aliphatic carbocycles. The summed E-state index contributed by atoms with van der Waals surface area (Å²) in [5.74, 6) is 0. The van der Waals surface area contributed by atoms with E-state index in [9.17, 15) is 4.79 Å². The summed E-state index contributed by atoms with van der Waals surface area (Å²) in [5, 5.41) is 3.60. The van der Waals surface area contributed by atoms with E-state index in [0.29, 0.717) is 6.04 Å². The van der Waals surface area contributed by atoms with Gasteiger partial charge in [-0.1, -0.05) is 13.3 Å². The summed E-state index contributed by atoms with van der Waals surface area (Å²) in [4.78, 5) is 14.0. The molecule has 5 heteroatoms. The quantitative estimate of drug-likeness (QED) is 0.692. The van der Waals surface area contributed by atoms with Crippen LogP contribution in [0, 0.1) is 0 Å². The van der Waals surface area contributed by atoms with E-state index in [1.54, 1.807) is 0 Å². The fourth-order valence-electron chi connectivity index (χ4n) is 2.64. The zero-order chi connectivity index (χ0) is 17.1. The van der Waals surface area contributed by atoms with Gasteiger partial charge in [0, 0.05) is 32.3 Å². The van der Waals surface area contributed by atoms with Gasteiger partial charge in [0.2, 0.25) is 0 Å². The van der Waals surface area contributed by atoms with Gasteiger partial charge in [-0.3, -0.25) is 0 Å².